The van der Waals surface area contributed by atoms with Crippen molar-refractivity contribution in [3.05, 3.63) is 0 Å². The Kier molecular flexibility index (Phi) is 16.1. The van der Waals surface area contributed by atoms with Crippen molar-refractivity contribution in [1.29, 1.82) is 0 Å². The van der Waals surface area contributed by atoms with Crippen LogP contribution in [0.1, 0.15) is 0 Å². The first-order valence-corrected chi connectivity index (χ1v) is 1.66. The smallest absolute Gasteiger partial charge is 0.0710 e. The lowest BCUT2D eigenvalue weighted by molar-refractivity contribution is 0.975. The second-order valence-corrected chi connectivity index (χ2v) is 0.754. The van der Waals surface area contributed by atoms with E-state index in [1.165, 1.54) is 0 Å². The molecular formula is C2H7Cl2N. The minimum Gasteiger partial charge on any atom is -0.307 e. The number of hydrogen-bond donors (Lipinski definition) is 1. The maximum absolute atomic E-state index is 5.07. The normalized spacial score (nSPS) is 6.00. The van der Waals surface area contributed by atoms with Gasteiger partial charge in [0.25, 0.3) is 0 Å². The molecule has 0 aliphatic carbocycles. The van der Waals surface area contributed by atoms with E-state index in [9.17, 15) is 0 Å². The van der Waals surface area contributed by atoms with Gasteiger partial charge < -0.3 is 5.32 Å². The number of nitrogens with one attached hydrogen (secondary N) is 1. The highest BCUT2D eigenvalue weighted by atomic mass is 35.5. The van der Waals surface area contributed by atoms with Gasteiger partial charge in [-0.1, -0.05) is 0 Å². The summed E-state index contributed by atoms with van der Waals surface area (Å²) >= 11 is 5.07. The first kappa shape index (κ1) is 9.11. The summed E-state index contributed by atoms with van der Waals surface area (Å²) in [5.74, 6) is 0. The zero-order chi connectivity index (χ0) is 3.41. The van der Waals surface area contributed by atoms with E-state index in [1.807, 2.05) is 0 Å². The van der Waals surface area contributed by atoms with E-state index < -0.39 is 0 Å². The molecule has 5 heavy (non-hydrogen) atoms. The van der Waals surface area contributed by atoms with Crippen molar-refractivity contribution in [2.75, 3.05) is 13.1 Å². The van der Waals surface area contributed by atoms with Crippen molar-refractivity contribution >= 4 is 24.0 Å². The molecule has 0 heterocycles. The highest BCUT2D eigenvalue weighted by Gasteiger charge is 1.53. The lowest BCUT2D eigenvalue weighted by atomic mass is 11.3. The lowest BCUT2D eigenvalue weighted by Crippen LogP contribution is -1.98. The van der Waals surface area contributed by atoms with E-state index in [1.54, 1.807) is 7.05 Å². The molecule has 0 amide bonds. The fourth-order valence-electron chi connectivity index (χ4n) is 0. The molecule has 0 aromatic carbocycles. The van der Waals surface area contributed by atoms with Crippen LogP contribution < -0.4 is 5.32 Å². The predicted molar refractivity (Wildman–Crippen MR) is 27.0 cm³/mol. The molecule has 1 N–H and O–H groups in total. The van der Waals surface area contributed by atoms with Crippen LogP contribution in [0.4, 0.5) is 0 Å². The molecule has 0 saturated carbocycles. The molecule has 0 rings (SSSR count). The Morgan fingerprint density at radius 3 is 2.00 bits per heavy atom. The molecule has 0 aliphatic heterocycles. The van der Waals surface area contributed by atoms with Crippen molar-refractivity contribution in [2.24, 2.45) is 0 Å². The Morgan fingerprint density at radius 2 is 2.00 bits per heavy atom. The second kappa shape index (κ2) is 8.82. The number of alkyl halides is 1. The Hall–Kier alpha value is 0.540. The number of rotatable bonds is 1. The second-order valence-electron chi connectivity index (χ2n) is 0.487. The summed E-state index contributed by atoms with van der Waals surface area (Å²) in [5, 5.41) is 2.70. The largest absolute Gasteiger partial charge is 0.307 e. The van der Waals surface area contributed by atoms with E-state index in [-0.39, 0.29) is 12.4 Å². The lowest BCUT2D eigenvalue weighted by Gasteiger charge is -1.73. The summed E-state index contributed by atoms with van der Waals surface area (Å²) < 4.78 is 0. The maximum atomic E-state index is 5.07. The summed E-state index contributed by atoms with van der Waals surface area (Å²) in [6.07, 6.45) is 0. The highest BCUT2D eigenvalue weighted by Crippen LogP contribution is 1.55. The Morgan fingerprint density at radius 1 is 1.80 bits per heavy atom. The molecule has 1 nitrogen and oxygen atoms in total. The van der Waals surface area contributed by atoms with Gasteiger partial charge in [0.1, 0.15) is 0 Å². The van der Waals surface area contributed by atoms with Crippen molar-refractivity contribution in [1.82, 2.24) is 5.32 Å². The van der Waals surface area contributed by atoms with Gasteiger partial charge in [-0.25, -0.2) is 0 Å². The standard InChI is InChI=1S/C2H6ClN.ClH/c1-4-2-3;/h4H,2H2,1H3;1H. The molecule has 0 bridgehead atoms. The van der Waals surface area contributed by atoms with Crippen LogP contribution in [0.2, 0.25) is 0 Å². The Bertz CT molecular complexity index is 9.61. The van der Waals surface area contributed by atoms with Crippen LogP contribution in [0.3, 0.4) is 0 Å². The summed E-state index contributed by atoms with van der Waals surface area (Å²) in [4.78, 5) is 0. The fraction of sp³-hybridized carbons (Fsp3) is 1.00. The highest BCUT2D eigenvalue weighted by molar-refractivity contribution is 6.17. The average molecular weight is 116 g/mol. The molecule has 0 unspecified atom stereocenters. The zero-order valence-corrected chi connectivity index (χ0v) is 4.57. The van der Waals surface area contributed by atoms with Gasteiger partial charge >= 0.3 is 0 Å². The van der Waals surface area contributed by atoms with Crippen LogP contribution in [0, 0.1) is 0 Å². The maximum Gasteiger partial charge on any atom is 0.0710 e. The van der Waals surface area contributed by atoms with Crippen LogP contribution in [-0.4, -0.2) is 13.1 Å². The first-order chi connectivity index (χ1) is 1.91. The minimum atomic E-state index is 0. The molecule has 0 atom stereocenters. The first-order valence-electron chi connectivity index (χ1n) is 1.12. The number of hydrogen-bond acceptors (Lipinski definition) is 1. The molecule has 0 spiro atoms. The van der Waals surface area contributed by atoms with Crippen LogP contribution in [-0.2, 0) is 0 Å². The Labute approximate surface area is 43.1 Å². The topological polar surface area (TPSA) is 12.0 Å². The third-order valence-electron chi connectivity index (χ3n) is 0.134. The molecule has 0 aliphatic rings. The minimum absolute atomic E-state index is 0. The van der Waals surface area contributed by atoms with Crippen molar-refractivity contribution < 1.29 is 0 Å². The predicted octanol–water partition coefficient (Wildman–Crippen LogP) is 0.824. The SMILES string of the molecule is CNCCl.Cl. The van der Waals surface area contributed by atoms with E-state index in [0.29, 0.717) is 6.00 Å². The molecular weight excluding hydrogens is 109 g/mol. The summed E-state index contributed by atoms with van der Waals surface area (Å²) in [6.45, 7) is 0. The molecule has 0 saturated heterocycles. The van der Waals surface area contributed by atoms with Crippen LogP contribution in [0.5, 0.6) is 0 Å². The molecule has 0 radical (unpaired) electrons. The van der Waals surface area contributed by atoms with Crippen LogP contribution >= 0.6 is 24.0 Å². The van der Waals surface area contributed by atoms with Gasteiger partial charge in [0, 0.05) is 0 Å². The number of halogens is 2. The van der Waals surface area contributed by atoms with Crippen molar-refractivity contribution in [3.8, 4) is 0 Å². The zero-order valence-electron chi connectivity index (χ0n) is 2.99. The van der Waals surface area contributed by atoms with E-state index in [2.05, 4.69) is 5.32 Å². The quantitative estimate of drug-likeness (QED) is 0.395. The third kappa shape index (κ3) is 12.4. The van der Waals surface area contributed by atoms with E-state index >= 15 is 0 Å². The van der Waals surface area contributed by atoms with Gasteiger partial charge in [0.05, 0.1) is 6.00 Å². The fourth-order valence-corrected chi connectivity index (χ4v) is 0. The summed E-state index contributed by atoms with van der Waals surface area (Å²) in [7, 11) is 1.80. The molecule has 0 aromatic heterocycles. The van der Waals surface area contributed by atoms with Gasteiger partial charge in [-0.3, -0.25) is 0 Å². The summed E-state index contributed by atoms with van der Waals surface area (Å²) in [6, 6.07) is 0.542. The van der Waals surface area contributed by atoms with Crippen LogP contribution in [0.25, 0.3) is 0 Å². The molecule has 0 fully saturated rings. The molecule has 34 valence electrons. The van der Waals surface area contributed by atoms with Gasteiger partial charge in [-0.15, -0.1) is 24.0 Å². The Balaban J connectivity index is 0. The molecule has 3 heteroatoms. The third-order valence-corrected chi connectivity index (χ3v) is 0.401. The van der Waals surface area contributed by atoms with Gasteiger partial charge in [-0.2, -0.15) is 0 Å². The summed E-state index contributed by atoms with van der Waals surface area (Å²) in [5.41, 5.74) is 0. The average Bonchev–Trinajstić information content (AvgIpc) is 1.37. The van der Waals surface area contributed by atoms with E-state index in [0.717, 1.165) is 0 Å². The van der Waals surface area contributed by atoms with Gasteiger partial charge in [-0.05, 0) is 7.05 Å². The van der Waals surface area contributed by atoms with Crippen molar-refractivity contribution in [2.45, 2.75) is 0 Å². The monoisotopic (exact) mass is 115 g/mol. The van der Waals surface area contributed by atoms with Crippen LogP contribution in [0.15, 0.2) is 0 Å². The van der Waals surface area contributed by atoms with Gasteiger partial charge in [0.2, 0.25) is 0 Å². The van der Waals surface area contributed by atoms with E-state index in [4.69, 9.17) is 11.6 Å². The van der Waals surface area contributed by atoms with Crippen molar-refractivity contribution in [3.63, 3.8) is 0 Å². The molecule has 0 aromatic rings. The van der Waals surface area contributed by atoms with Gasteiger partial charge in [0.15, 0.2) is 0 Å².